The van der Waals surface area contributed by atoms with E-state index in [9.17, 15) is 53.4 Å². The molecule has 0 radical (unpaired) electrons. The number of allylic oxidation sites excluding steroid dienone is 1. The first kappa shape index (κ1) is 63.9. The molecule has 3 aliphatic heterocycles. The molecular formula is C45H82N11O17P3. The molecule has 434 valence electrons. The van der Waals surface area contributed by atoms with E-state index in [0.717, 1.165) is 17.2 Å². The van der Waals surface area contributed by atoms with Crippen LogP contribution in [0.4, 0.5) is 5.82 Å². The summed E-state index contributed by atoms with van der Waals surface area (Å²) >= 11 is 0. The Kier molecular flexibility index (Phi) is 25.8. The van der Waals surface area contributed by atoms with Gasteiger partial charge in [-0.1, -0.05) is 83.1 Å². The molecule has 10 unspecified atom stereocenters. The van der Waals surface area contributed by atoms with Crippen molar-refractivity contribution in [2.24, 2.45) is 28.7 Å². The number of imidazole rings is 1. The molecule has 10 atom stereocenters. The zero-order chi connectivity index (χ0) is 55.6. The molecule has 4 aliphatic carbocycles. The van der Waals surface area contributed by atoms with Gasteiger partial charge in [0.1, 0.15) is 48.5 Å². The molecule has 9 rings (SSSR count). The molecule has 0 aromatic carbocycles. The van der Waals surface area contributed by atoms with Crippen LogP contribution < -0.4 is 34.4 Å². The number of carbonyl (C=O) groups is 1. The Morgan fingerprint density at radius 1 is 0.645 bits per heavy atom. The summed E-state index contributed by atoms with van der Waals surface area (Å²) < 4.78 is 67.2. The van der Waals surface area contributed by atoms with E-state index in [1.807, 2.05) is 0 Å². The molecule has 31 heteroatoms. The van der Waals surface area contributed by atoms with E-state index in [1.165, 1.54) is 152 Å². The number of phosphoric ester groups is 3. The largest absolute Gasteiger partial charge is 0.481 e. The summed E-state index contributed by atoms with van der Waals surface area (Å²) in [6.45, 7) is -2.02. The van der Waals surface area contributed by atoms with Gasteiger partial charge in [0.05, 0.1) is 19.5 Å². The van der Waals surface area contributed by atoms with E-state index in [2.05, 4.69) is 23.8 Å². The zero-order valence-corrected chi connectivity index (χ0v) is 45.5. The molecule has 4 saturated carbocycles. The van der Waals surface area contributed by atoms with Crippen LogP contribution in [0.15, 0.2) is 36.7 Å². The van der Waals surface area contributed by atoms with E-state index >= 15 is 0 Å². The molecule has 76 heavy (non-hydrogen) atoms. The first-order valence-electron chi connectivity index (χ1n) is 26.1. The number of fused-ring (bicyclic) bond motifs is 1. The van der Waals surface area contributed by atoms with Crippen molar-refractivity contribution in [2.45, 2.75) is 208 Å². The highest BCUT2D eigenvalue weighted by Gasteiger charge is 2.51. The highest BCUT2D eigenvalue weighted by molar-refractivity contribution is 7.61. The van der Waals surface area contributed by atoms with E-state index in [1.54, 1.807) is 0 Å². The summed E-state index contributed by atoms with van der Waals surface area (Å²) in [5.74, 6) is -0.791. The van der Waals surface area contributed by atoms with Gasteiger partial charge in [-0.05, 0) is 57.8 Å². The summed E-state index contributed by atoms with van der Waals surface area (Å²) in [6, 6.07) is 2.14. The van der Waals surface area contributed by atoms with E-state index < -0.39 is 91.7 Å². The Hall–Kier alpha value is -2.89. The number of hydrogen-bond acceptors (Lipinski definition) is 22. The molecule has 5 heterocycles. The lowest BCUT2D eigenvalue weighted by molar-refractivity contribution is -0.115. The fourth-order valence-electron chi connectivity index (χ4n) is 9.47. The minimum absolute atomic E-state index is 0.00424. The number of phosphoric acid groups is 3. The molecule has 19 N–H and O–H groups in total. The van der Waals surface area contributed by atoms with Gasteiger partial charge in [0.15, 0.2) is 23.9 Å². The number of rotatable bonds is 13. The number of nitrogens with two attached hydrogens (primary N) is 6. The summed E-state index contributed by atoms with van der Waals surface area (Å²) in [4.78, 5) is 63.4. The van der Waals surface area contributed by atoms with Gasteiger partial charge in [-0.2, -0.15) is 4.31 Å². The van der Waals surface area contributed by atoms with Crippen LogP contribution in [0, 0.1) is 0 Å². The topological polar surface area (TPSA) is 468 Å². The third kappa shape index (κ3) is 21.0. The highest BCUT2D eigenvalue weighted by atomic mass is 31.3. The smallest absolute Gasteiger partial charge is 0.387 e. The molecule has 7 aliphatic rings. The predicted molar refractivity (Wildman–Crippen MR) is 277 cm³/mol. The molecule has 2 aromatic rings. The van der Waals surface area contributed by atoms with Crippen LogP contribution in [0.2, 0.25) is 0 Å². The number of carbonyl (C=O) groups excluding carboxylic acids is 1. The van der Waals surface area contributed by atoms with Crippen LogP contribution in [0.3, 0.4) is 0 Å². The number of aromatic nitrogens is 4. The van der Waals surface area contributed by atoms with Crippen LogP contribution in [-0.4, -0.2) is 145 Å². The summed E-state index contributed by atoms with van der Waals surface area (Å²) in [7, 11) is -16.3. The molecule has 6 fully saturated rings. The van der Waals surface area contributed by atoms with Crippen molar-refractivity contribution < 1.29 is 80.7 Å². The Balaban J connectivity index is 0.000000302. The van der Waals surface area contributed by atoms with Crippen LogP contribution in [0.1, 0.15) is 141 Å². The van der Waals surface area contributed by atoms with Crippen molar-refractivity contribution in [3.8, 4) is 0 Å². The SMILES string of the molecule is NC(=O)C1=CN(C2OC(COP(=O)(O)OP(=O)(O)OCC3OC(n4cnc5c(N)ncnc54)C(OP(=O)(O)O)C3O)C(O)C2O)C=CC1.NC1CCCCC1.NC1CCCCC1.NC1CCCCC1.NC1CCCCC1. The minimum Gasteiger partial charge on any atom is -0.387 e. The predicted octanol–water partition coefficient (Wildman–Crippen LogP) is 2.54. The van der Waals surface area contributed by atoms with Crippen molar-refractivity contribution in [2.75, 3.05) is 18.9 Å². The quantitative estimate of drug-likeness (QED) is 0.128. The Bertz CT molecular complexity index is 2230. The molecule has 28 nitrogen and oxygen atoms in total. The lowest BCUT2D eigenvalue weighted by Gasteiger charge is -2.28. The maximum atomic E-state index is 12.6. The van der Waals surface area contributed by atoms with Gasteiger partial charge in [0.25, 0.3) is 0 Å². The van der Waals surface area contributed by atoms with Gasteiger partial charge >= 0.3 is 23.5 Å². The summed E-state index contributed by atoms with van der Waals surface area (Å²) in [5, 5.41) is 31.5. The summed E-state index contributed by atoms with van der Waals surface area (Å²) in [5.41, 5.74) is 33.8. The van der Waals surface area contributed by atoms with Gasteiger partial charge in [-0.3, -0.25) is 22.9 Å². The molecule has 2 saturated heterocycles. The third-order valence-corrected chi connectivity index (χ3v) is 16.8. The second-order valence-electron chi connectivity index (χ2n) is 20.0. The van der Waals surface area contributed by atoms with Gasteiger partial charge in [-0.25, -0.2) is 28.6 Å². The standard InChI is InChI=1S/C21H30N7O17P3.4C6H13N/c22-17-12-19(25-7-24-17)28(8-26-12)21-16(44-46(33,34)35)14(30)11(43-21)6-41-48(38,39)45-47(36,37)40-5-10-13(29)15(31)20(42-10)27-3-1-2-9(4-27)18(23)32;4*7-6-4-2-1-3-5-6/h1,3-4,7-8,10-11,13-16,20-21,29-31H,2,5-6H2,(H2,23,32)(H,36,37)(H,38,39)(H2,22,24,25)(H2,33,34,35);4*6H,1-5,7H2. The number of primary amides is 1. The lowest BCUT2D eigenvalue weighted by atomic mass is 9.97. The second-order valence-corrected chi connectivity index (χ2v) is 24.2. The molecular weight excluding hydrogens is 1060 g/mol. The van der Waals surface area contributed by atoms with Crippen LogP contribution in [0.25, 0.3) is 11.2 Å². The van der Waals surface area contributed by atoms with Gasteiger partial charge in [0.2, 0.25) is 5.91 Å². The first-order valence-corrected chi connectivity index (χ1v) is 30.6. The molecule has 0 spiro atoms. The van der Waals surface area contributed by atoms with Gasteiger partial charge in [0, 0.05) is 42.1 Å². The number of nitrogens with zero attached hydrogens (tertiary/aromatic N) is 5. The highest BCUT2D eigenvalue weighted by Crippen LogP contribution is 2.61. The fourth-order valence-corrected chi connectivity index (χ4v) is 12.1. The Morgan fingerprint density at radius 2 is 1.09 bits per heavy atom. The van der Waals surface area contributed by atoms with E-state index in [-0.39, 0.29) is 29.0 Å². The number of ether oxygens (including phenoxy) is 2. The molecule has 0 bridgehead atoms. The van der Waals surface area contributed by atoms with Crippen molar-refractivity contribution in [1.82, 2.24) is 24.4 Å². The third-order valence-electron chi connectivity index (χ3n) is 13.7. The molecule has 2 aromatic heterocycles. The summed E-state index contributed by atoms with van der Waals surface area (Å²) in [6.07, 6.45) is 20.2. The average molecular weight is 1140 g/mol. The minimum atomic E-state index is -5.52. The number of nitrogen functional groups attached to an aromatic ring is 1. The van der Waals surface area contributed by atoms with E-state index in [0.29, 0.717) is 24.2 Å². The number of amides is 1. The van der Waals surface area contributed by atoms with Crippen LogP contribution in [-0.2, 0) is 45.8 Å². The zero-order valence-electron chi connectivity index (χ0n) is 42.8. The van der Waals surface area contributed by atoms with Crippen molar-refractivity contribution in [3.63, 3.8) is 0 Å². The van der Waals surface area contributed by atoms with Crippen LogP contribution >= 0.6 is 23.5 Å². The molecule has 1 amide bonds. The number of aliphatic hydroxyl groups excluding tert-OH is 3. The Labute approximate surface area is 442 Å². The van der Waals surface area contributed by atoms with Crippen LogP contribution in [0.5, 0.6) is 0 Å². The maximum Gasteiger partial charge on any atom is 0.481 e. The van der Waals surface area contributed by atoms with E-state index in [4.69, 9.17) is 52.9 Å². The first-order chi connectivity index (χ1) is 35.9. The average Bonchev–Trinajstić information content (AvgIpc) is 4.03. The second kappa shape index (κ2) is 30.6. The number of aliphatic hydroxyl groups is 3. The van der Waals surface area contributed by atoms with Gasteiger partial charge in [-0.15, -0.1) is 0 Å². The monoisotopic (exact) mass is 1140 g/mol. The Morgan fingerprint density at radius 3 is 1.51 bits per heavy atom. The van der Waals surface area contributed by atoms with Crippen molar-refractivity contribution in [1.29, 1.82) is 0 Å². The fraction of sp³-hybridized carbons (Fsp3) is 0.778. The normalized spacial score (nSPS) is 29.5. The number of hydrogen-bond donors (Lipinski definition) is 13. The van der Waals surface area contributed by atoms with Crippen molar-refractivity contribution in [3.05, 3.63) is 36.7 Å². The van der Waals surface area contributed by atoms with Crippen molar-refractivity contribution >= 4 is 46.4 Å². The lowest BCUT2D eigenvalue weighted by Crippen LogP contribution is -2.40. The number of anilines is 1. The van der Waals surface area contributed by atoms with Gasteiger partial charge < -0.3 is 83.7 Å². The maximum absolute atomic E-state index is 12.6.